The Labute approximate surface area is 122 Å². The van der Waals surface area contributed by atoms with Crippen LogP contribution in [0.4, 0.5) is 5.82 Å². The van der Waals surface area contributed by atoms with Crippen LogP contribution in [0.3, 0.4) is 0 Å². The van der Waals surface area contributed by atoms with Crippen LogP contribution in [0.15, 0.2) is 41.3 Å². The lowest BCUT2D eigenvalue weighted by Crippen LogP contribution is -1.99. The van der Waals surface area contributed by atoms with E-state index in [0.29, 0.717) is 28.1 Å². The largest absolute Gasteiger partial charge is 0.435 e. The number of anilines is 1. The molecule has 1 aromatic carbocycles. The second-order valence-electron chi connectivity index (χ2n) is 3.81. The molecule has 0 saturated heterocycles. The summed E-state index contributed by atoms with van der Waals surface area (Å²) >= 11 is 9.27. The number of halogens is 2. The third-order valence-electron chi connectivity index (χ3n) is 2.46. The van der Waals surface area contributed by atoms with Gasteiger partial charge in [0, 0.05) is 17.4 Å². The van der Waals surface area contributed by atoms with Crippen molar-refractivity contribution in [3.8, 4) is 11.6 Å². The van der Waals surface area contributed by atoms with Gasteiger partial charge in [-0.2, -0.15) is 4.98 Å². The van der Waals surface area contributed by atoms with Gasteiger partial charge < -0.3 is 10.5 Å². The summed E-state index contributed by atoms with van der Waals surface area (Å²) in [5, 5.41) is 0.616. The van der Waals surface area contributed by atoms with Crippen LogP contribution in [0.5, 0.6) is 11.6 Å². The first kappa shape index (κ1) is 12.3. The predicted octanol–water partition coefficient (Wildman–Crippen LogP) is 3.52. The SMILES string of the molecule is Nc1cn2ccnc2c(Oc2ccc(Cl)cc2Br)n1. The van der Waals surface area contributed by atoms with Crippen molar-refractivity contribution in [3.63, 3.8) is 0 Å². The first-order chi connectivity index (χ1) is 9.13. The van der Waals surface area contributed by atoms with Crippen molar-refractivity contribution in [2.24, 2.45) is 0 Å². The van der Waals surface area contributed by atoms with Crippen LogP contribution in [0.1, 0.15) is 0 Å². The summed E-state index contributed by atoms with van der Waals surface area (Å²) in [6, 6.07) is 5.22. The number of nitrogen functional groups attached to an aromatic ring is 1. The number of hydrogen-bond acceptors (Lipinski definition) is 4. The van der Waals surface area contributed by atoms with Crippen LogP contribution in [-0.4, -0.2) is 14.4 Å². The molecule has 2 N–H and O–H groups in total. The summed E-state index contributed by atoms with van der Waals surface area (Å²) in [5.41, 5.74) is 6.32. The van der Waals surface area contributed by atoms with Gasteiger partial charge in [0.2, 0.25) is 5.65 Å². The number of fused-ring (bicyclic) bond motifs is 1. The Morgan fingerprint density at radius 3 is 3.00 bits per heavy atom. The van der Waals surface area contributed by atoms with E-state index in [0.717, 1.165) is 4.47 Å². The number of nitrogens with zero attached hydrogens (tertiary/aromatic N) is 3. The molecular weight excluding hydrogens is 332 g/mol. The van der Waals surface area contributed by atoms with Gasteiger partial charge in [0.25, 0.3) is 5.88 Å². The lowest BCUT2D eigenvalue weighted by molar-refractivity contribution is 0.463. The summed E-state index contributed by atoms with van der Waals surface area (Å²) in [6.45, 7) is 0. The lowest BCUT2D eigenvalue weighted by atomic mass is 10.3. The molecule has 0 saturated carbocycles. The standard InChI is InChI=1S/C12H8BrClN4O/c13-8-5-7(14)1-2-9(8)19-12-11-16-3-4-18(11)6-10(15)17-12/h1-6H,15H2. The van der Waals surface area contributed by atoms with E-state index >= 15 is 0 Å². The highest BCUT2D eigenvalue weighted by Crippen LogP contribution is 2.32. The molecule has 3 aromatic rings. The number of rotatable bonds is 2. The highest BCUT2D eigenvalue weighted by Gasteiger charge is 2.10. The maximum atomic E-state index is 5.89. The fourth-order valence-electron chi connectivity index (χ4n) is 1.65. The maximum Gasteiger partial charge on any atom is 0.265 e. The molecule has 0 spiro atoms. The number of aromatic nitrogens is 3. The number of hydrogen-bond donors (Lipinski definition) is 1. The normalized spacial score (nSPS) is 10.8. The predicted molar refractivity (Wildman–Crippen MR) is 76.6 cm³/mol. The molecule has 5 nitrogen and oxygen atoms in total. The summed E-state index contributed by atoms with van der Waals surface area (Å²) in [7, 11) is 0. The molecule has 2 heterocycles. The van der Waals surface area contributed by atoms with Gasteiger partial charge in [0.15, 0.2) is 0 Å². The molecule has 7 heteroatoms. The second-order valence-corrected chi connectivity index (χ2v) is 5.10. The van der Waals surface area contributed by atoms with Crippen molar-refractivity contribution in [1.29, 1.82) is 0 Å². The fraction of sp³-hybridized carbons (Fsp3) is 0. The number of ether oxygens (including phenoxy) is 1. The Morgan fingerprint density at radius 1 is 1.37 bits per heavy atom. The molecule has 96 valence electrons. The monoisotopic (exact) mass is 338 g/mol. The Balaban J connectivity index is 2.07. The summed E-state index contributed by atoms with van der Waals surface area (Å²) in [4.78, 5) is 8.33. The minimum Gasteiger partial charge on any atom is -0.435 e. The zero-order chi connectivity index (χ0) is 13.4. The van der Waals surface area contributed by atoms with Gasteiger partial charge in [0.1, 0.15) is 11.6 Å². The van der Waals surface area contributed by atoms with Crippen LogP contribution in [0.2, 0.25) is 5.02 Å². The molecule has 2 aromatic heterocycles. The second kappa shape index (κ2) is 4.71. The van der Waals surface area contributed by atoms with E-state index in [2.05, 4.69) is 25.9 Å². The van der Waals surface area contributed by atoms with Crippen molar-refractivity contribution < 1.29 is 4.74 Å². The van der Waals surface area contributed by atoms with Gasteiger partial charge >= 0.3 is 0 Å². The first-order valence-corrected chi connectivity index (χ1v) is 6.52. The van der Waals surface area contributed by atoms with Gasteiger partial charge in [-0.3, -0.25) is 4.40 Å². The minimum atomic E-state index is 0.341. The molecule has 0 unspecified atom stereocenters. The topological polar surface area (TPSA) is 65.4 Å². The molecule has 0 amide bonds. The van der Waals surface area contributed by atoms with Crippen LogP contribution in [-0.2, 0) is 0 Å². The molecule has 0 radical (unpaired) electrons. The van der Waals surface area contributed by atoms with E-state index in [1.807, 2.05) is 0 Å². The maximum absolute atomic E-state index is 5.89. The minimum absolute atomic E-state index is 0.341. The van der Waals surface area contributed by atoms with Crippen LogP contribution < -0.4 is 10.5 Å². The van der Waals surface area contributed by atoms with E-state index in [9.17, 15) is 0 Å². The molecule has 3 rings (SSSR count). The third kappa shape index (κ3) is 2.36. The zero-order valence-corrected chi connectivity index (χ0v) is 11.9. The number of nitrogens with two attached hydrogens (primary N) is 1. The Bertz CT molecular complexity index is 759. The van der Waals surface area contributed by atoms with Gasteiger partial charge in [0.05, 0.1) is 10.7 Å². The summed E-state index contributed by atoms with van der Waals surface area (Å²) < 4.78 is 8.22. The van der Waals surface area contributed by atoms with Crippen LogP contribution in [0.25, 0.3) is 5.65 Å². The van der Waals surface area contributed by atoms with Gasteiger partial charge in [-0.05, 0) is 34.1 Å². The highest BCUT2D eigenvalue weighted by molar-refractivity contribution is 9.10. The zero-order valence-electron chi connectivity index (χ0n) is 9.55. The van der Waals surface area contributed by atoms with E-state index in [1.165, 1.54) is 0 Å². The Morgan fingerprint density at radius 2 is 2.21 bits per heavy atom. The quantitative estimate of drug-likeness (QED) is 0.776. The summed E-state index contributed by atoms with van der Waals surface area (Å²) in [5.74, 6) is 1.28. The molecule has 0 aliphatic carbocycles. The van der Waals surface area contributed by atoms with Gasteiger partial charge in [-0.1, -0.05) is 11.6 Å². The van der Waals surface area contributed by atoms with Crippen molar-refractivity contribution in [2.45, 2.75) is 0 Å². The van der Waals surface area contributed by atoms with Crippen molar-refractivity contribution in [2.75, 3.05) is 5.73 Å². The molecule has 0 fully saturated rings. The van der Waals surface area contributed by atoms with E-state index < -0.39 is 0 Å². The molecule has 0 atom stereocenters. The lowest BCUT2D eigenvalue weighted by Gasteiger charge is -2.08. The van der Waals surface area contributed by atoms with Crippen LogP contribution >= 0.6 is 27.5 Å². The average molecular weight is 340 g/mol. The smallest absolute Gasteiger partial charge is 0.265 e. The van der Waals surface area contributed by atoms with Crippen molar-refractivity contribution >= 4 is 39.0 Å². The molecule has 0 aliphatic rings. The Kier molecular flexibility index (Phi) is 3.04. The van der Waals surface area contributed by atoms with Gasteiger partial charge in [-0.25, -0.2) is 4.98 Å². The number of benzene rings is 1. The Hall–Kier alpha value is -1.79. The van der Waals surface area contributed by atoms with Crippen LogP contribution in [0, 0.1) is 0 Å². The third-order valence-corrected chi connectivity index (χ3v) is 3.32. The fourth-order valence-corrected chi connectivity index (χ4v) is 2.42. The average Bonchev–Trinajstić information content (AvgIpc) is 2.80. The van der Waals surface area contributed by atoms with E-state index in [-0.39, 0.29) is 0 Å². The molecular formula is C12H8BrClN4O. The summed E-state index contributed by atoms with van der Waals surface area (Å²) in [6.07, 6.45) is 5.10. The molecule has 0 aliphatic heterocycles. The highest BCUT2D eigenvalue weighted by atomic mass is 79.9. The van der Waals surface area contributed by atoms with Crippen molar-refractivity contribution in [3.05, 3.63) is 46.3 Å². The van der Waals surface area contributed by atoms with Gasteiger partial charge in [-0.15, -0.1) is 0 Å². The van der Waals surface area contributed by atoms with Crippen molar-refractivity contribution in [1.82, 2.24) is 14.4 Å². The number of imidazole rings is 1. The first-order valence-electron chi connectivity index (χ1n) is 5.35. The van der Waals surface area contributed by atoms with E-state index in [1.54, 1.807) is 41.2 Å². The molecule has 0 bridgehead atoms. The molecule has 19 heavy (non-hydrogen) atoms. The van der Waals surface area contributed by atoms with E-state index in [4.69, 9.17) is 22.1 Å².